The molecule has 323 valence electrons. The Balaban J connectivity index is 0.000000238. The van der Waals surface area contributed by atoms with Gasteiger partial charge in [0.2, 0.25) is 5.71 Å². The van der Waals surface area contributed by atoms with Crippen LogP contribution < -0.4 is 5.19 Å². The van der Waals surface area contributed by atoms with E-state index in [0.29, 0.717) is 40.1 Å². The van der Waals surface area contributed by atoms with Gasteiger partial charge in [0.25, 0.3) is 0 Å². The molecular weight excluding hydrogens is 972 g/mol. The first-order valence-electron chi connectivity index (χ1n) is 24.5. The van der Waals surface area contributed by atoms with E-state index in [1.807, 2.05) is 36.4 Å². The zero-order valence-electron chi connectivity index (χ0n) is 44.0. The number of para-hydroxylation sites is 3. The number of pyridine rings is 2. The predicted octanol–water partition coefficient (Wildman–Crippen LogP) is 14.7. The number of aryl methyl sites for hydroxylation is 2. The molecule has 0 atom stereocenters. The topological polar surface area (TPSA) is 56.7 Å². The smallest absolute Gasteiger partial charge is 0.216 e. The van der Waals surface area contributed by atoms with Crippen LogP contribution in [-0.2, 0) is 20.1 Å². The van der Waals surface area contributed by atoms with Crippen LogP contribution in [0, 0.1) is 31.7 Å². The molecule has 4 aromatic heterocycles. The molecule has 5 nitrogen and oxygen atoms in total. The maximum atomic E-state index is 14.5. The van der Waals surface area contributed by atoms with Crippen LogP contribution in [0.3, 0.4) is 0 Å². The van der Waals surface area contributed by atoms with Crippen LogP contribution in [0.15, 0.2) is 120 Å². The maximum absolute atomic E-state index is 14.5. The number of halogens is 1. The van der Waals surface area contributed by atoms with Crippen molar-refractivity contribution in [1.82, 2.24) is 19.5 Å². The minimum absolute atomic E-state index is 0. The van der Waals surface area contributed by atoms with Crippen LogP contribution in [0.2, 0.25) is 19.6 Å². The molecule has 9 aromatic rings. The Hall–Kier alpha value is -5.53. The third-order valence-corrected chi connectivity index (χ3v) is 13.2. The minimum atomic E-state index is -2.38. The summed E-state index contributed by atoms with van der Waals surface area (Å²) in [5, 5.41) is 2.90. The number of imidazole rings is 1. The Morgan fingerprint density at radius 2 is 1.44 bits per heavy atom. The fraction of sp³-hybridized carbons (Fsp3) is 0.255. The Morgan fingerprint density at radius 3 is 2.10 bits per heavy atom. The SMILES string of the molecule is [2H]C([2H])([2H])c1c[c-]c(-c2cc(C([2H])(C)C)c([Si](C)(C)C)cn2)c(F)c1.[2H]C([2H])([2H])c1ccc(-c2ccc3c(n2)oc2c(-c4nc5ccccc5n4-c4c(C(C)C)cccc4C(C)C)[c-]ccc23)cc1.[Ir]. The van der Waals surface area contributed by atoms with Gasteiger partial charge in [-0.3, -0.25) is 9.37 Å². The number of hydrogen-bond acceptors (Lipinski definition) is 4. The fourth-order valence-electron chi connectivity index (χ4n) is 8.05. The van der Waals surface area contributed by atoms with Gasteiger partial charge in [-0.05, 0) is 70.9 Å². The molecule has 0 N–H and O–H groups in total. The van der Waals surface area contributed by atoms with E-state index in [1.54, 1.807) is 50.4 Å². The van der Waals surface area contributed by atoms with Crippen molar-refractivity contribution in [3.05, 3.63) is 161 Å². The van der Waals surface area contributed by atoms with Gasteiger partial charge in [0.15, 0.2) is 0 Å². The van der Waals surface area contributed by atoms with Gasteiger partial charge in [-0.1, -0.05) is 156 Å². The minimum Gasteiger partial charge on any atom is -0.486 e. The summed E-state index contributed by atoms with van der Waals surface area (Å²) in [5.74, 6) is -0.134. The predicted molar refractivity (Wildman–Crippen MR) is 259 cm³/mol. The van der Waals surface area contributed by atoms with E-state index in [9.17, 15) is 4.39 Å². The maximum Gasteiger partial charge on any atom is 0.216 e. The first-order valence-corrected chi connectivity index (χ1v) is 24.5. The second-order valence-corrected chi connectivity index (χ2v) is 22.7. The third-order valence-electron chi connectivity index (χ3n) is 11.2. The first kappa shape index (κ1) is 36.9. The summed E-state index contributed by atoms with van der Waals surface area (Å²) in [5.41, 5.74) is 10.6. The standard InChI is InChI=1S/C37H32N3O.C18H23FNSi.Ir/c1-22(2)26-10-8-11-27(23(3)4)34(26)40-33-15-7-6-14-32(33)38-36(40)30-13-9-12-28-29-20-21-31(39-37(29)41-35(28)30)25-18-16-24(5)17-19-25;1-12(2)15-10-17(20-11-18(15)21(4,5)6)14-8-7-13(3)9-16(14)19;/h6-12,14-23H,1-5H3;7,9-12H,1-6H3;/q2*-1;/i5D3;3D3,12D;. The van der Waals surface area contributed by atoms with Crippen molar-refractivity contribution >= 4 is 46.4 Å². The average Bonchev–Trinajstić information content (AvgIpc) is 3.86. The van der Waals surface area contributed by atoms with Crippen LogP contribution in [0.4, 0.5) is 4.39 Å². The molecular formula is C55H55FIrN4OSi-2. The van der Waals surface area contributed by atoms with Gasteiger partial charge in [0, 0.05) is 58.4 Å². The van der Waals surface area contributed by atoms with Crippen molar-refractivity contribution in [2.45, 2.75) is 92.6 Å². The van der Waals surface area contributed by atoms with Gasteiger partial charge >= 0.3 is 0 Å². The molecule has 0 aliphatic carbocycles. The van der Waals surface area contributed by atoms with Gasteiger partial charge in [0.1, 0.15) is 0 Å². The molecule has 0 bridgehead atoms. The number of aromatic nitrogens is 4. The number of fused-ring (bicyclic) bond motifs is 4. The number of rotatable bonds is 8. The van der Waals surface area contributed by atoms with E-state index >= 15 is 0 Å². The molecule has 0 aliphatic rings. The third kappa shape index (κ3) is 8.99. The monoisotopic (exact) mass is 1030 g/mol. The summed E-state index contributed by atoms with van der Waals surface area (Å²) in [4.78, 5) is 14.4. The summed E-state index contributed by atoms with van der Waals surface area (Å²) >= 11 is 0. The second-order valence-electron chi connectivity index (χ2n) is 17.7. The first-order chi connectivity index (χ1) is 32.3. The van der Waals surface area contributed by atoms with Crippen molar-refractivity contribution in [2.24, 2.45) is 0 Å². The Kier molecular flexibility index (Phi) is 10.7. The van der Waals surface area contributed by atoms with E-state index in [0.717, 1.165) is 61.3 Å². The molecule has 1 radical (unpaired) electrons. The quantitative estimate of drug-likeness (QED) is 0.112. The summed E-state index contributed by atoms with van der Waals surface area (Å²) in [6.45, 7) is 14.5. The van der Waals surface area contributed by atoms with E-state index in [-0.39, 0.29) is 31.2 Å². The van der Waals surface area contributed by atoms with E-state index in [1.165, 1.54) is 17.2 Å². The molecule has 63 heavy (non-hydrogen) atoms. The zero-order chi connectivity index (χ0) is 50.0. The molecule has 9 rings (SSSR count). The van der Waals surface area contributed by atoms with Gasteiger partial charge < -0.3 is 14.0 Å². The molecule has 5 aromatic carbocycles. The number of benzene rings is 5. The van der Waals surface area contributed by atoms with Crippen LogP contribution in [0.25, 0.3) is 72.7 Å². The van der Waals surface area contributed by atoms with Gasteiger partial charge in [-0.2, -0.15) is 0 Å². The number of nitrogens with zero attached hydrogens (tertiary/aromatic N) is 4. The van der Waals surface area contributed by atoms with Crippen molar-refractivity contribution in [3.63, 3.8) is 0 Å². The summed E-state index contributed by atoms with van der Waals surface area (Å²) < 4.78 is 76.8. The number of hydrogen-bond donors (Lipinski definition) is 0. The van der Waals surface area contributed by atoms with Crippen LogP contribution in [0.5, 0.6) is 0 Å². The van der Waals surface area contributed by atoms with Crippen molar-refractivity contribution in [3.8, 4) is 39.6 Å². The molecule has 0 amide bonds. The summed E-state index contributed by atoms with van der Waals surface area (Å²) in [6.07, 6.45) is 1.73. The second kappa shape index (κ2) is 18.3. The Labute approximate surface area is 396 Å². The van der Waals surface area contributed by atoms with Crippen LogP contribution in [-0.4, -0.2) is 27.6 Å². The molecule has 0 saturated carbocycles. The van der Waals surface area contributed by atoms with Crippen LogP contribution in [0.1, 0.15) is 96.7 Å². The van der Waals surface area contributed by atoms with E-state index in [2.05, 4.69) is 99.4 Å². The van der Waals surface area contributed by atoms with E-state index in [4.69, 9.17) is 24.0 Å². The Morgan fingerprint density at radius 1 is 0.730 bits per heavy atom. The average molecular weight is 1030 g/mol. The molecule has 0 spiro atoms. The summed E-state index contributed by atoms with van der Waals surface area (Å²) in [6, 6.07) is 39.8. The number of furan rings is 1. The zero-order valence-corrected chi connectivity index (χ0v) is 40.4. The van der Waals surface area contributed by atoms with Gasteiger partial charge in [-0.15, -0.1) is 42.0 Å². The van der Waals surface area contributed by atoms with Crippen molar-refractivity contribution in [1.29, 1.82) is 0 Å². The van der Waals surface area contributed by atoms with Crippen molar-refractivity contribution < 1.29 is 38.5 Å². The Bertz CT molecular complexity index is 3340. The largest absolute Gasteiger partial charge is 0.486 e. The summed E-state index contributed by atoms with van der Waals surface area (Å²) in [7, 11) is -1.72. The molecule has 4 heterocycles. The molecule has 0 aliphatic heterocycles. The molecule has 0 saturated heterocycles. The van der Waals surface area contributed by atoms with E-state index < -0.39 is 33.5 Å². The van der Waals surface area contributed by atoms with Gasteiger partial charge in [-0.25, -0.2) is 4.98 Å². The molecule has 0 unspecified atom stereocenters. The van der Waals surface area contributed by atoms with Crippen molar-refractivity contribution in [2.75, 3.05) is 0 Å². The fourth-order valence-corrected chi connectivity index (χ4v) is 9.63. The molecule has 0 fully saturated rings. The van der Waals surface area contributed by atoms with Crippen LogP contribution >= 0.6 is 0 Å². The van der Waals surface area contributed by atoms with Gasteiger partial charge in [0.05, 0.1) is 36.2 Å². The normalized spacial score (nSPS) is 14.0. The molecule has 8 heteroatoms.